The first-order valence-corrected chi connectivity index (χ1v) is 11.5. The highest BCUT2D eigenvalue weighted by Gasteiger charge is 2.74. The summed E-state index contributed by atoms with van der Waals surface area (Å²) < 4.78 is 13.2. The zero-order chi connectivity index (χ0) is 19.8. The largest absolute Gasteiger partial charge is 0.504 e. The lowest BCUT2D eigenvalue weighted by Crippen LogP contribution is -2.77. The van der Waals surface area contributed by atoms with Gasteiger partial charge in [-0.05, 0) is 62.6 Å². The van der Waals surface area contributed by atoms with Gasteiger partial charge in [0.2, 0.25) is 0 Å². The Hall–Kier alpha value is -1.59. The lowest BCUT2D eigenvalue weighted by molar-refractivity contribution is -0.214. The third-order valence-corrected chi connectivity index (χ3v) is 8.38. The number of hydrogen-bond acceptors (Lipinski definition) is 5. The predicted octanol–water partition coefficient (Wildman–Crippen LogP) is 3.35. The van der Waals surface area contributed by atoms with Gasteiger partial charge in [0.1, 0.15) is 0 Å². The van der Waals surface area contributed by atoms with Crippen LogP contribution in [-0.4, -0.2) is 53.2 Å². The Kier molecular flexibility index (Phi) is 3.90. The van der Waals surface area contributed by atoms with Gasteiger partial charge < -0.3 is 14.6 Å². The number of piperidine rings is 1. The summed E-state index contributed by atoms with van der Waals surface area (Å²) in [6.45, 7) is 5.06. The highest BCUT2D eigenvalue weighted by atomic mass is 16.5. The first-order chi connectivity index (χ1) is 14.1. The van der Waals surface area contributed by atoms with Crippen molar-refractivity contribution in [3.05, 3.63) is 23.3 Å². The number of phenolic OH excluding ortho intramolecular Hbond substituents is 1. The number of hydrogen-bond donors (Lipinski definition) is 1. The van der Waals surface area contributed by atoms with Crippen LogP contribution in [0.5, 0.6) is 11.5 Å². The van der Waals surface area contributed by atoms with E-state index in [2.05, 4.69) is 17.9 Å². The van der Waals surface area contributed by atoms with Crippen molar-refractivity contribution in [2.24, 2.45) is 5.92 Å². The number of benzene rings is 1. The van der Waals surface area contributed by atoms with Crippen molar-refractivity contribution in [2.75, 3.05) is 19.7 Å². The van der Waals surface area contributed by atoms with E-state index in [1.807, 2.05) is 0 Å². The fourth-order valence-electron chi connectivity index (χ4n) is 6.93. The quantitative estimate of drug-likeness (QED) is 0.746. The number of aromatic hydroxyl groups is 1. The van der Waals surface area contributed by atoms with Gasteiger partial charge in [-0.25, -0.2) is 0 Å². The van der Waals surface area contributed by atoms with E-state index in [0.29, 0.717) is 12.2 Å². The molecule has 3 aliphatic carbocycles. The van der Waals surface area contributed by atoms with Gasteiger partial charge in [0, 0.05) is 31.2 Å². The van der Waals surface area contributed by atoms with Crippen molar-refractivity contribution in [3.63, 3.8) is 0 Å². The topological polar surface area (TPSA) is 59.0 Å². The maximum absolute atomic E-state index is 13.1. The molecule has 4 atom stereocenters. The number of ketones is 1. The second-order valence-electron chi connectivity index (χ2n) is 9.88. The van der Waals surface area contributed by atoms with E-state index in [-0.39, 0.29) is 23.2 Å². The molecule has 2 heterocycles. The first-order valence-electron chi connectivity index (χ1n) is 11.5. The summed E-state index contributed by atoms with van der Waals surface area (Å²) >= 11 is 0. The Labute approximate surface area is 172 Å². The van der Waals surface area contributed by atoms with Crippen LogP contribution in [0.1, 0.15) is 63.0 Å². The lowest BCUT2D eigenvalue weighted by Gasteiger charge is -2.64. The summed E-state index contributed by atoms with van der Waals surface area (Å²) in [4.78, 5) is 15.8. The number of phenols is 1. The van der Waals surface area contributed by atoms with Gasteiger partial charge in [0.25, 0.3) is 0 Å². The van der Waals surface area contributed by atoms with E-state index >= 15 is 0 Å². The Morgan fingerprint density at radius 3 is 2.97 bits per heavy atom. The van der Waals surface area contributed by atoms with Crippen molar-refractivity contribution in [3.8, 4) is 11.5 Å². The van der Waals surface area contributed by atoms with E-state index < -0.39 is 11.5 Å². The van der Waals surface area contributed by atoms with Gasteiger partial charge in [-0.2, -0.15) is 0 Å². The Bertz CT molecular complexity index is 865. The smallest absolute Gasteiger partial charge is 0.174 e. The second-order valence-corrected chi connectivity index (χ2v) is 9.88. The molecule has 3 fully saturated rings. The number of carbonyl (C=O) groups is 1. The maximum Gasteiger partial charge on any atom is 0.174 e. The summed E-state index contributed by atoms with van der Waals surface area (Å²) in [5, 5.41) is 10.6. The average Bonchev–Trinajstić information content (AvgIpc) is 3.45. The second kappa shape index (κ2) is 6.21. The Morgan fingerprint density at radius 2 is 2.17 bits per heavy atom. The zero-order valence-electron chi connectivity index (χ0n) is 17.3. The van der Waals surface area contributed by atoms with Crippen LogP contribution in [-0.2, 0) is 21.4 Å². The number of Topliss-reactive ketones (excluding diaryl/α,β-unsaturated/α-hetero) is 1. The highest BCUT2D eigenvalue weighted by Crippen LogP contribution is 2.66. The van der Waals surface area contributed by atoms with E-state index in [1.54, 1.807) is 6.07 Å². The molecular formula is C24H31NO4. The SMILES string of the molecule is CCCCO[C@@]12CCC(=O)[C@@H]3Oc4c(O)ccc5c4[C@@]31CCN(CC1CC1)[C@@H]2C5. The van der Waals surface area contributed by atoms with Crippen molar-refractivity contribution >= 4 is 5.78 Å². The number of ether oxygens (including phenoxy) is 2. The van der Waals surface area contributed by atoms with Crippen molar-refractivity contribution in [1.29, 1.82) is 0 Å². The van der Waals surface area contributed by atoms with Crippen molar-refractivity contribution in [2.45, 2.75) is 81.5 Å². The van der Waals surface area contributed by atoms with Crippen LogP contribution in [0.25, 0.3) is 0 Å². The summed E-state index contributed by atoms with van der Waals surface area (Å²) in [5.74, 6) is 1.73. The molecule has 0 aromatic heterocycles. The molecule has 29 heavy (non-hydrogen) atoms. The number of rotatable bonds is 6. The van der Waals surface area contributed by atoms with Gasteiger partial charge in [0.05, 0.1) is 11.0 Å². The minimum Gasteiger partial charge on any atom is -0.504 e. The fraction of sp³-hybridized carbons (Fsp3) is 0.708. The van der Waals surface area contributed by atoms with E-state index in [1.165, 1.54) is 18.4 Å². The fourth-order valence-corrected chi connectivity index (χ4v) is 6.93. The summed E-state index contributed by atoms with van der Waals surface area (Å²) in [5.41, 5.74) is 1.51. The molecule has 1 spiro atoms. The van der Waals surface area contributed by atoms with Gasteiger partial charge in [0.15, 0.2) is 23.4 Å². The molecule has 2 bridgehead atoms. The molecule has 1 N–H and O–H groups in total. The molecule has 2 saturated carbocycles. The van der Waals surface area contributed by atoms with Crippen molar-refractivity contribution in [1.82, 2.24) is 4.90 Å². The Balaban J connectivity index is 1.54. The lowest BCUT2D eigenvalue weighted by atomic mass is 9.48. The molecule has 1 aromatic rings. The van der Waals surface area contributed by atoms with Crippen LogP contribution in [0.3, 0.4) is 0 Å². The molecule has 0 unspecified atom stereocenters. The number of unbranched alkanes of at least 4 members (excludes halogenated alkanes) is 1. The summed E-state index contributed by atoms with van der Waals surface area (Å²) in [6, 6.07) is 4.10. The van der Waals surface area contributed by atoms with E-state index in [0.717, 1.165) is 63.3 Å². The predicted molar refractivity (Wildman–Crippen MR) is 108 cm³/mol. The van der Waals surface area contributed by atoms with Gasteiger partial charge in [-0.3, -0.25) is 9.69 Å². The highest BCUT2D eigenvalue weighted by molar-refractivity contribution is 5.90. The molecule has 1 aromatic carbocycles. The monoisotopic (exact) mass is 397 g/mol. The third-order valence-electron chi connectivity index (χ3n) is 8.38. The zero-order valence-corrected chi connectivity index (χ0v) is 17.3. The average molecular weight is 398 g/mol. The number of likely N-dealkylation sites (tertiary alicyclic amines) is 1. The van der Waals surface area contributed by atoms with E-state index in [4.69, 9.17) is 9.47 Å². The molecule has 5 heteroatoms. The minimum absolute atomic E-state index is 0.168. The van der Waals surface area contributed by atoms with Crippen molar-refractivity contribution < 1.29 is 19.4 Å². The van der Waals surface area contributed by atoms with Crippen LogP contribution in [0.2, 0.25) is 0 Å². The molecule has 1 saturated heterocycles. The van der Waals surface area contributed by atoms with Gasteiger partial charge in [-0.1, -0.05) is 19.4 Å². The number of carbonyl (C=O) groups excluding carboxylic acids is 1. The summed E-state index contributed by atoms with van der Waals surface area (Å²) in [6.07, 6.45) is 7.40. The molecule has 2 aliphatic heterocycles. The molecular weight excluding hydrogens is 366 g/mol. The third kappa shape index (κ3) is 2.26. The molecule has 5 aliphatic rings. The maximum atomic E-state index is 13.1. The summed E-state index contributed by atoms with van der Waals surface area (Å²) in [7, 11) is 0. The normalized spacial score (nSPS) is 37.3. The van der Waals surface area contributed by atoms with Crippen LogP contribution in [0.15, 0.2) is 12.1 Å². The number of nitrogens with zero attached hydrogens (tertiary/aromatic N) is 1. The van der Waals surface area contributed by atoms with Gasteiger partial charge >= 0.3 is 0 Å². The molecule has 6 rings (SSSR count). The van der Waals surface area contributed by atoms with Gasteiger partial charge in [-0.15, -0.1) is 0 Å². The standard InChI is InChI=1S/C24H31NO4/c1-2-3-12-28-24-9-8-18(27)22-23(24)10-11-25(14-15-4-5-15)19(24)13-16-6-7-17(26)21(29-22)20(16)23/h6-7,15,19,22,26H,2-5,8-14H2,1H3/t19-,22+,23+,24-/m1/s1. The Morgan fingerprint density at radius 1 is 1.31 bits per heavy atom. The van der Waals surface area contributed by atoms with Crippen LogP contribution >= 0.6 is 0 Å². The molecule has 0 radical (unpaired) electrons. The first kappa shape index (κ1) is 18.2. The molecule has 156 valence electrons. The molecule has 0 amide bonds. The van der Waals surface area contributed by atoms with Crippen LogP contribution < -0.4 is 4.74 Å². The molecule has 5 nitrogen and oxygen atoms in total. The van der Waals surface area contributed by atoms with Crippen LogP contribution in [0, 0.1) is 5.92 Å². The van der Waals surface area contributed by atoms with E-state index in [9.17, 15) is 9.90 Å². The minimum atomic E-state index is -0.509. The van der Waals surface area contributed by atoms with Crippen LogP contribution in [0.4, 0.5) is 0 Å².